The molecule has 1 aliphatic heterocycles. The van der Waals surface area contributed by atoms with Crippen LogP contribution < -0.4 is 9.47 Å². The lowest BCUT2D eigenvalue weighted by Gasteiger charge is -2.20. The normalized spacial score (nSPS) is 13.1. The van der Waals surface area contributed by atoms with Crippen LogP contribution in [0, 0.1) is 0 Å². The molecule has 0 saturated carbocycles. The van der Waals surface area contributed by atoms with Crippen molar-refractivity contribution in [3.63, 3.8) is 0 Å². The van der Waals surface area contributed by atoms with Gasteiger partial charge in [0, 0.05) is 13.6 Å². The molecule has 1 aliphatic rings. The predicted octanol–water partition coefficient (Wildman–Crippen LogP) is 2.87. The third kappa shape index (κ3) is 3.39. The van der Waals surface area contributed by atoms with Gasteiger partial charge in [-0.3, -0.25) is 4.79 Å². The van der Waals surface area contributed by atoms with Crippen molar-refractivity contribution in [2.75, 3.05) is 13.8 Å². The minimum absolute atomic E-state index is 0.0672. The van der Waals surface area contributed by atoms with E-state index in [1.54, 1.807) is 45.2 Å². The summed E-state index contributed by atoms with van der Waals surface area (Å²) in [6.07, 6.45) is 0. The van der Waals surface area contributed by atoms with Gasteiger partial charge in [0.1, 0.15) is 0 Å². The zero-order valence-electron chi connectivity index (χ0n) is 14.9. The number of amides is 1. The lowest BCUT2D eigenvalue weighted by molar-refractivity contribution is 0.0781. The summed E-state index contributed by atoms with van der Waals surface area (Å²) >= 11 is 0. The maximum absolute atomic E-state index is 12.9. The van der Waals surface area contributed by atoms with Crippen molar-refractivity contribution in [3.05, 3.63) is 53.6 Å². The van der Waals surface area contributed by atoms with Gasteiger partial charge >= 0.3 is 0 Å². The average Bonchev–Trinajstić information content (AvgIpc) is 3.08. The first kappa shape index (κ1) is 18.3. The molecule has 0 N–H and O–H groups in total. The second-order valence-electron chi connectivity index (χ2n) is 6.44. The van der Waals surface area contributed by atoms with Gasteiger partial charge in [0.2, 0.25) is 6.79 Å². The number of hydrogen-bond acceptors (Lipinski definition) is 5. The van der Waals surface area contributed by atoms with Crippen molar-refractivity contribution in [2.45, 2.75) is 30.5 Å². The van der Waals surface area contributed by atoms with E-state index in [9.17, 15) is 13.2 Å². The van der Waals surface area contributed by atoms with Crippen LogP contribution in [0.5, 0.6) is 11.5 Å². The van der Waals surface area contributed by atoms with Gasteiger partial charge in [0.05, 0.1) is 15.7 Å². The van der Waals surface area contributed by atoms with E-state index in [0.717, 1.165) is 5.56 Å². The van der Waals surface area contributed by atoms with Crippen molar-refractivity contribution in [2.24, 2.45) is 0 Å². The summed E-state index contributed by atoms with van der Waals surface area (Å²) < 4.78 is 35.8. The lowest BCUT2D eigenvalue weighted by Crippen LogP contribution is -2.28. The number of carbonyl (C=O) groups is 1. The lowest BCUT2D eigenvalue weighted by atomic mass is 10.1. The Morgan fingerprint density at radius 1 is 1.12 bits per heavy atom. The Labute approximate surface area is 153 Å². The van der Waals surface area contributed by atoms with Crippen LogP contribution in [0.1, 0.15) is 29.8 Å². The summed E-state index contributed by atoms with van der Waals surface area (Å²) in [6.45, 7) is 3.72. The molecule has 0 radical (unpaired) electrons. The van der Waals surface area contributed by atoms with E-state index in [2.05, 4.69) is 0 Å². The molecule has 2 aromatic carbocycles. The molecule has 26 heavy (non-hydrogen) atoms. The molecular weight excluding hydrogens is 354 g/mol. The van der Waals surface area contributed by atoms with Gasteiger partial charge in [-0.05, 0) is 43.7 Å². The van der Waals surface area contributed by atoms with Gasteiger partial charge in [-0.2, -0.15) is 0 Å². The first-order valence-corrected chi connectivity index (χ1v) is 9.82. The monoisotopic (exact) mass is 375 g/mol. The molecule has 2 aromatic rings. The number of ether oxygens (including phenoxy) is 2. The van der Waals surface area contributed by atoms with Gasteiger partial charge in [0.15, 0.2) is 21.3 Å². The smallest absolute Gasteiger partial charge is 0.255 e. The number of carbonyl (C=O) groups excluding carboxylic acids is 1. The standard InChI is InChI=1S/C19H21NO5S/c1-13(2)26(22,23)18-7-5-4-6-15(18)19(21)20(3)11-14-8-9-16-17(10-14)25-12-24-16/h4-10,13H,11-12H2,1-3H3. The Bertz CT molecular complexity index is 937. The van der Waals surface area contributed by atoms with Crippen molar-refractivity contribution in [1.82, 2.24) is 4.90 Å². The molecule has 0 bridgehead atoms. The molecule has 1 amide bonds. The Kier molecular flexibility index (Phi) is 4.91. The third-order valence-corrected chi connectivity index (χ3v) is 6.46. The van der Waals surface area contributed by atoms with Crippen LogP contribution in [0.3, 0.4) is 0 Å². The van der Waals surface area contributed by atoms with Crippen LogP contribution in [0.25, 0.3) is 0 Å². The molecule has 0 unspecified atom stereocenters. The van der Waals surface area contributed by atoms with Crippen LogP contribution in [0.4, 0.5) is 0 Å². The Balaban J connectivity index is 1.86. The molecule has 0 fully saturated rings. The number of hydrogen-bond donors (Lipinski definition) is 0. The van der Waals surface area contributed by atoms with Crippen molar-refractivity contribution < 1.29 is 22.7 Å². The predicted molar refractivity (Wildman–Crippen MR) is 97.1 cm³/mol. The highest BCUT2D eigenvalue weighted by molar-refractivity contribution is 7.92. The number of rotatable bonds is 5. The van der Waals surface area contributed by atoms with Crippen LogP contribution in [-0.4, -0.2) is 38.3 Å². The molecule has 6 nitrogen and oxygen atoms in total. The van der Waals surface area contributed by atoms with Crippen LogP contribution >= 0.6 is 0 Å². The minimum Gasteiger partial charge on any atom is -0.454 e. The SMILES string of the molecule is CC(C)S(=O)(=O)c1ccccc1C(=O)N(C)Cc1ccc2c(c1)OCO2. The van der Waals surface area contributed by atoms with Crippen molar-refractivity contribution >= 4 is 15.7 Å². The summed E-state index contributed by atoms with van der Waals surface area (Å²) in [6, 6.07) is 11.8. The molecule has 0 aliphatic carbocycles. The fourth-order valence-electron chi connectivity index (χ4n) is 2.74. The van der Waals surface area contributed by atoms with E-state index in [1.165, 1.54) is 11.0 Å². The summed E-state index contributed by atoms with van der Waals surface area (Å²) in [4.78, 5) is 14.4. The highest BCUT2D eigenvalue weighted by Crippen LogP contribution is 2.33. The maximum atomic E-state index is 12.9. The number of nitrogens with zero attached hydrogens (tertiary/aromatic N) is 1. The first-order chi connectivity index (χ1) is 12.3. The molecule has 3 rings (SSSR count). The average molecular weight is 375 g/mol. The van der Waals surface area contributed by atoms with Gasteiger partial charge in [-0.1, -0.05) is 18.2 Å². The van der Waals surface area contributed by atoms with Gasteiger partial charge < -0.3 is 14.4 Å². The Morgan fingerprint density at radius 2 is 1.81 bits per heavy atom. The van der Waals surface area contributed by atoms with Crippen LogP contribution in [0.2, 0.25) is 0 Å². The van der Waals surface area contributed by atoms with E-state index in [-0.39, 0.29) is 23.2 Å². The highest BCUT2D eigenvalue weighted by atomic mass is 32.2. The molecule has 7 heteroatoms. The zero-order chi connectivity index (χ0) is 18.9. The van der Waals surface area contributed by atoms with Crippen molar-refractivity contribution in [3.8, 4) is 11.5 Å². The number of benzene rings is 2. The van der Waals surface area contributed by atoms with Crippen LogP contribution in [0.15, 0.2) is 47.4 Å². The number of sulfone groups is 1. The van der Waals surface area contributed by atoms with E-state index >= 15 is 0 Å². The van der Waals surface area contributed by atoms with Gasteiger partial charge in [-0.15, -0.1) is 0 Å². The fourth-order valence-corrected chi connectivity index (χ4v) is 3.97. The highest BCUT2D eigenvalue weighted by Gasteiger charge is 2.26. The van der Waals surface area contributed by atoms with Gasteiger partial charge in [0.25, 0.3) is 5.91 Å². The summed E-state index contributed by atoms with van der Waals surface area (Å²) in [5, 5.41) is -0.601. The van der Waals surface area contributed by atoms with Gasteiger partial charge in [-0.25, -0.2) is 8.42 Å². The molecule has 138 valence electrons. The first-order valence-electron chi connectivity index (χ1n) is 8.27. The summed E-state index contributed by atoms with van der Waals surface area (Å²) in [5.74, 6) is 0.977. The maximum Gasteiger partial charge on any atom is 0.255 e. The van der Waals surface area contributed by atoms with E-state index in [4.69, 9.17) is 9.47 Å². The minimum atomic E-state index is -3.55. The quantitative estimate of drug-likeness (QED) is 0.803. The van der Waals surface area contributed by atoms with E-state index < -0.39 is 15.1 Å². The largest absolute Gasteiger partial charge is 0.454 e. The van der Waals surface area contributed by atoms with Crippen LogP contribution in [-0.2, 0) is 16.4 Å². The Hall–Kier alpha value is -2.54. The third-order valence-electron chi connectivity index (χ3n) is 4.25. The molecule has 0 atom stereocenters. The Morgan fingerprint density at radius 3 is 2.54 bits per heavy atom. The summed E-state index contributed by atoms with van der Waals surface area (Å²) in [7, 11) is -1.91. The molecular formula is C19H21NO5S. The zero-order valence-corrected chi connectivity index (χ0v) is 15.7. The molecule has 0 saturated heterocycles. The molecule has 0 spiro atoms. The van der Waals surface area contributed by atoms with Crippen molar-refractivity contribution in [1.29, 1.82) is 0 Å². The summed E-state index contributed by atoms with van der Waals surface area (Å²) in [5.41, 5.74) is 1.05. The van der Waals surface area contributed by atoms with E-state index in [1.807, 2.05) is 12.1 Å². The van der Waals surface area contributed by atoms with E-state index in [0.29, 0.717) is 18.0 Å². The number of fused-ring (bicyclic) bond motifs is 1. The molecule has 1 heterocycles. The topological polar surface area (TPSA) is 72.9 Å². The second-order valence-corrected chi connectivity index (χ2v) is 8.91. The fraction of sp³-hybridized carbons (Fsp3) is 0.316. The second kappa shape index (κ2) is 6.99. The molecule has 0 aromatic heterocycles.